The van der Waals surface area contributed by atoms with Crippen molar-refractivity contribution < 1.29 is 0 Å². The molecule has 48 heavy (non-hydrogen) atoms. The quantitative estimate of drug-likeness (QED) is 0.190. The normalized spacial score (nSPS) is 50.0. The molecule has 8 nitrogen and oxygen atoms in total. The van der Waals surface area contributed by atoms with E-state index in [9.17, 15) is 0 Å². The molecule has 0 amide bonds. The van der Waals surface area contributed by atoms with Gasteiger partial charge in [-0.15, -0.1) is 0 Å². The SMILES string of the molecule is C1=CC2CC3C=CC(CC4CCC(CC5C=CC(CC6C=CC(CC7C=CC(CC8CCC(CC9C=CC(CC1N2)N9)N8)N7)N6)N5)N4)N3. The first kappa shape index (κ1) is 32.1. The highest BCUT2D eigenvalue weighted by atomic mass is 15.1. The Labute approximate surface area is 288 Å². The van der Waals surface area contributed by atoms with Crippen LogP contribution in [0.2, 0.25) is 0 Å². The maximum atomic E-state index is 4.01. The van der Waals surface area contributed by atoms with Gasteiger partial charge in [-0.05, 0) is 77.0 Å². The molecule has 9 aliphatic heterocycles. The van der Waals surface area contributed by atoms with Crippen molar-refractivity contribution in [3.8, 4) is 0 Å². The fourth-order valence-corrected chi connectivity index (χ4v) is 10.6. The van der Waals surface area contributed by atoms with Gasteiger partial charge in [0, 0.05) is 96.7 Å². The lowest BCUT2D eigenvalue weighted by Gasteiger charge is -2.24. The van der Waals surface area contributed by atoms with E-state index in [1.807, 2.05) is 0 Å². The van der Waals surface area contributed by atoms with Crippen molar-refractivity contribution in [3.05, 3.63) is 72.9 Å². The van der Waals surface area contributed by atoms with Gasteiger partial charge in [0.2, 0.25) is 0 Å². The van der Waals surface area contributed by atoms with Crippen LogP contribution in [0.3, 0.4) is 0 Å². The molecule has 16 bridgehead atoms. The maximum absolute atomic E-state index is 4.01. The van der Waals surface area contributed by atoms with E-state index in [4.69, 9.17) is 0 Å². The number of nitrogens with one attached hydrogen (secondary N) is 8. The molecule has 8 heteroatoms. The van der Waals surface area contributed by atoms with Gasteiger partial charge < -0.3 is 42.5 Å². The highest BCUT2D eigenvalue weighted by Gasteiger charge is 2.34. The number of hydrogen-bond donors (Lipinski definition) is 8. The van der Waals surface area contributed by atoms with E-state index < -0.39 is 0 Å². The van der Waals surface area contributed by atoms with Crippen molar-refractivity contribution in [1.29, 1.82) is 0 Å². The van der Waals surface area contributed by atoms with Gasteiger partial charge in [0.25, 0.3) is 0 Å². The summed E-state index contributed by atoms with van der Waals surface area (Å²) in [4.78, 5) is 0. The monoisotopic (exact) mass is 652 g/mol. The van der Waals surface area contributed by atoms with Crippen LogP contribution in [0.1, 0.15) is 77.0 Å². The van der Waals surface area contributed by atoms with E-state index in [0.29, 0.717) is 96.7 Å². The molecule has 16 unspecified atom stereocenters. The third kappa shape index (κ3) is 7.87. The molecule has 3 fully saturated rings. The van der Waals surface area contributed by atoms with Crippen LogP contribution in [0.15, 0.2) is 72.9 Å². The van der Waals surface area contributed by atoms with E-state index >= 15 is 0 Å². The Morgan fingerprint density at radius 2 is 0.375 bits per heavy atom. The smallest absolute Gasteiger partial charge is 0.0274 e. The Hall–Kier alpha value is -1.88. The van der Waals surface area contributed by atoms with E-state index in [1.54, 1.807) is 0 Å². The Kier molecular flexibility index (Phi) is 9.61. The Morgan fingerprint density at radius 3 is 0.562 bits per heavy atom. The van der Waals surface area contributed by atoms with E-state index in [-0.39, 0.29) is 0 Å². The van der Waals surface area contributed by atoms with Gasteiger partial charge in [-0.2, -0.15) is 0 Å². The molecule has 3 saturated heterocycles. The summed E-state index contributed by atoms with van der Waals surface area (Å²) in [7, 11) is 0. The average molecular weight is 653 g/mol. The molecule has 8 N–H and O–H groups in total. The Balaban J connectivity index is 0.797. The molecule has 0 spiro atoms. The molecule has 0 aliphatic carbocycles. The minimum atomic E-state index is 0.455. The first-order valence-corrected chi connectivity index (χ1v) is 19.8. The van der Waals surface area contributed by atoms with Crippen LogP contribution < -0.4 is 42.5 Å². The molecule has 0 aromatic heterocycles. The average Bonchev–Trinajstić information content (AvgIpc) is 3.90. The summed E-state index contributed by atoms with van der Waals surface area (Å²) >= 11 is 0. The van der Waals surface area contributed by atoms with Gasteiger partial charge in [0.05, 0.1) is 0 Å². The second-order valence-electron chi connectivity index (χ2n) is 16.7. The third-order valence-corrected chi connectivity index (χ3v) is 12.9. The van der Waals surface area contributed by atoms with E-state index in [2.05, 4.69) is 115 Å². The molecular formula is C40H60N8. The molecular weight excluding hydrogens is 592 g/mol. The molecule has 260 valence electrons. The molecule has 16 atom stereocenters. The summed E-state index contributed by atoms with van der Waals surface area (Å²) in [5, 5.41) is 31.6. The highest BCUT2D eigenvalue weighted by Crippen LogP contribution is 2.27. The van der Waals surface area contributed by atoms with E-state index in [1.165, 1.54) is 51.4 Å². The molecule has 0 radical (unpaired) electrons. The van der Waals surface area contributed by atoms with E-state index in [0.717, 1.165) is 25.7 Å². The predicted octanol–water partition coefficient (Wildman–Crippen LogP) is 2.74. The van der Waals surface area contributed by atoms with Crippen LogP contribution in [0.4, 0.5) is 0 Å². The van der Waals surface area contributed by atoms with Crippen LogP contribution in [-0.2, 0) is 0 Å². The summed E-state index contributed by atoms with van der Waals surface area (Å²) in [5.41, 5.74) is 0. The number of hydrogen-bond acceptors (Lipinski definition) is 8. The standard InChI is InChI=1S/C40H60N8/c1-2-26-18-28-5-6-30(43-28)20-32-9-10-34(45-32)22-36-13-14-38(47-36)24-40-16-15-39(48-40)23-37-12-11-35(46-37)21-33-8-7-31(44-33)19-29-4-3-27(42-29)17-25(1)41-26/h1-6,11-16,25-48H,7-10,17-24H2. The Bertz CT molecular complexity index is 1110. The second-order valence-corrected chi connectivity index (χ2v) is 16.7. The highest BCUT2D eigenvalue weighted by molar-refractivity contribution is 5.20. The lowest BCUT2D eigenvalue weighted by Crippen LogP contribution is -2.43. The van der Waals surface area contributed by atoms with Crippen molar-refractivity contribution in [2.75, 3.05) is 0 Å². The zero-order valence-electron chi connectivity index (χ0n) is 28.7. The largest absolute Gasteiger partial charge is 0.311 e. The predicted molar refractivity (Wildman–Crippen MR) is 196 cm³/mol. The van der Waals surface area contributed by atoms with Gasteiger partial charge in [0.15, 0.2) is 0 Å². The van der Waals surface area contributed by atoms with Crippen molar-refractivity contribution >= 4 is 0 Å². The molecule has 0 saturated carbocycles. The summed E-state index contributed by atoms with van der Waals surface area (Å²) in [6, 6.07) is 8.09. The van der Waals surface area contributed by atoms with Crippen LogP contribution in [-0.4, -0.2) is 96.7 Å². The van der Waals surface area contributed by atoms with Crippen LogP contribution in [0, 0.1) is 0 Å². The fraction of sp³-hybridized carbons (Fsp3) is 0.700. The molecule has 0 aromatic carbocycles. The zero-order chi connectivity index (χ0) is 31.9. The first-order valence-electron chi connectivity index (χ1n) is 19.8. The van der Waals surface area contributed by atoms with Crippen LogP contribution in [0.25, 0.3) is 0 Å². The minimum Gasteiger partial charge on any atom is -0.311 e. The van der Waals surface area contributed by atoms with Crippen LogP contribution >= 0.6 is 0 Å². The van der Waals surface area contributed by atoms with Gasteiger partial charge in [-0.3, -0.25) is 0 Å². The summed E-state index contributed by atoms with van der Waals surface area (Å²) < 4.78 is 0. The second kappa shape index (κ2) is 14.4. The van der Waals surface area contributed by atoms with Crippen molar-refractivity contribution in [1.82, 2.24) is 42.5 Å². The van der Waals surface area contributed by atoms with Gasteiger partial charge in [0.1, 0.15) is 0 Å². The lowest BCUT2D eigenvalue weighted by molar-refractivity contribution is 0.389. The van der Waals surface area contributed by atoms with Crippen molar-refractivity contribution in [3.63, 3.8) is 0 Å². The number of fused-ring (bicyclic) bond motifs is 16. The van der Waals surface area contributed by atoms with Gasteiger partial charge in [-0.1, -0.05) is 72.9 Å². The molecule has 9 aliphatic rings. The van der Waals surface area contributed by atoms with Gasteiger partial charge in [-0.25, -0.2) is 0 Å². The van der Waals surface area contributed by atoms with Crippen molar-refractivity contribution in [2.45, 2.75) is 174 Å². The Morgan fingerprint density at radius 1 is 0.208 bits per heavy atom. The summed E-state index contributed by atoms with van der Waals surface area (Å²) in [5.74, 6) is 0. The third-order valence-electron chi connectivity index (χ3n) is 12.9. The molecule has 0 aromatic rings. The van der Waals surface area contributed by atoms with Gasteiger partial charge >= 0.3 is 0 Å². The first-order chi connectivity index (χ1) is 23.6. The minimum absolute atomic E-state index is 0.455. The summed E-state index contributed by atoms with van der Waals surface area (Å²) in [6.45, 7) is 0. The number of rotatable bonds is 0. The zero-order valence-corrected chi connectivity index (χ0v) is 28.7. The maximum Gasteiger partial charge on any atom is 0.0274 e. The fourth-order valence-electron chi connectivity index (χ4n) is 10.6. The topological polar surface area (TPSA) is 96.2 Å². The molecule has 9 heterocycles. The molecule has 9 rings (SSSR count). The lowest BCUT2D eigenvalue weighted by atomic mass is 10.0. The van der Waals surface area contributed by atoms with Crippen LogP contribution in [0.5, 0.6) is 0 Å². The summed E-state index contributed by atoms with van der Waals surface area (Å²) in [6.07, 6.45) is 43.6. The van der Waals surface area contributed by atoms with Crippen molar-refractivity contribution in [2.24, 2.45) is 0 Å².